The number of hydrogen-bond donors (Lipinski definition) is 0. The molecule has 2 aromatic carbocycles. The SMILES string of the molecule is O=c1c2cc(Br)ccc2ncn1Cc1csc(-c2ccccc2Cl)n1. The smallest absolute Gasteiger partial charge is 0.261 e. The molecule has 0 fully saturated rings. The molecule has 0 unspecified atom stereocenters. The summed E-state index contributed by atoms with van der Waals surface area (Å²) in [5, 5.41) is 4.03. The molecule has 0 spiro atoms. The third-order valence-electron chi connectivity index (χ3n) is 3.77. The number of nitrogens with zero attached hydrogens (tertiary/aromatic N) is 3. The van der Waals surface area contributed by atoms with Crippen molar-refractivity contribution in [1.82, 2.24) is 14.5 Å². The van der Waals surface area contributed by atoms with Crippen LogP contribution in [-0.4, -0.2) is 14.5 Å². The Bertz CT molecular complexity index is 1140. The Labute approximate surface area is 160 Å². The predicted octanol–water partition coefficient (Wildman–Crippen LogP) is 4.98. The molecule has 2 heterocycles. The second kappa shape index (κ2) is 6.71. The number of hydrogen-bond acceptors (Lipinski definition) is 4. The van der Waals surface area contributed by atoms with Gasteiger partial charge in [0.1, 0.15) is 5.01 Å². The minimum atomic E-state index is -0.0846. The zero-order valence-electron chi connectivity index (χ0n) is 12.8. The van der Waals surface area contributed by atoms with E-state index in [1.807, 2.05) is 41.8 Å². The molecule has 0 atom stereocenters. The molecule has 0 saturated heterocycles. The topological polar surface area (TPSA) is 47.8 Å². The molecule has 0 aliphatic heterocycles. The molecule has 0 amide bonds. The number of fused-ring (bicyclic) bond motifs is 1. The van der Waals surface area contributed by atoms with E-state index < -0.39 is 0 Å². The molecule has 4 aromatic rings. The van der Waals surface area contributed by atoms with Gasteiger partial charge in [-0.25, -0.2) is 9.97 Å². The fourth-order valence-corrected chi connectivity index (χ4v) is 4.05. The van der Waals surface area contributed by atoms with Crippen LogP contribution in [0.2, 0.25) is 5.02 Å². The monoisotopic (exact) mass is 431 g/mol. The van der Waals surface area contributed by atoms with Gasteiger partial charge < -0.3 is 0 Å². The predicted molar refractivity (Wildman–Crippen MR) is 105 cm³/mol. The van der Waals surface area contributed by atoms with Crippen LogP contribution in [0.4, 0.5) is 0 Å². The maximum atomic E-state index is 12.7. The number of benzene rings is 2. The Hall–Kier alpha value is -2.02. The largest absolute Gasteiger partial charge is 0.293 e. The average Bonchev–Trinajstić information content (AvgIpc) is 3.07. The van der Waals surface area contributed by atoms with Crippen LogP contribution in [-0.2, 0) is 6.54 Å². The number of halogens is 2. The van der Waals surface area contributed by atoms with Crippen LogP contribution >= 0.6 is 38.9 Å². The van der Waals surface area contributed by atoms with E-state index in [2.05, 4.69) is 25.9 Å². The zero-order chi connectivity index (χ0) is 17.4. The lowest BCUT2D eigenvalue weighted by atomic mass is 10.2. The fraction of sp³-hybridized carbons (Fsp3) is 0.0556. The lowest BCUT2D eigenvalue weighted by Gasteiger charge is -2.05. The van der Waals surface area contributed by atoms with Crippen molar-refractivity contribution >= 4 is 49.8 Å². The second-order valence-corrected chi connectivity index (χ2v) is 7.64. The Kier molecular flexibility index (Phi) is 4.41. The first kappa shape index (κ1) is 16.4. The summed E-state index contributed by atoms with van der Waals surface area (Å²) in [6.45, 7) is 0.370. The second-order valence-electron chi connectivity index (χ2n) is 5.46. The summed E-state index contributed by atoms with van der Waals surface area (Å²) >= 11 is 11.1. The van der Waals surface area contributed by atoms with Gasteiger partial charge >= 0.3 is 0 Å². The molecule has 4 nitrogen and oxygen atoms in total. The number of rotatable bonds is 3. The molecule has 0 aliphatic carbocycles. The third-order valence-corrected chi connectivity index (χ3v) is 5.52. The van der Waals surface area contributed by atoms with Gasteiger partial charge in [0.2, 0.25) is 0 Å². The van der Waals surface area contributed by atoms with Gasteiger partial charge in [0.05, 0.1) is 34.5 Å². The fourth-order valence-electron chi connectivity index (χ4n) is 2.56. The van der Waals surface area contributed by atoms with E-state index in [1.165, 1.54) is 11.3 Å². The molecule has 0 bridgehead atoms. The van der Waals surface area contributed by atoms with Crippen molar-refractivity contribution < 1.29 is 0 Å². The van der Waals surface area contributed by atoms with Gasteiger partial charge in [0, 0.05) is 15.4 Å². The van der Waals surface area contributed by atoms with Gasteiger partial charge in [-0.1, -0.05) is 45.7 Å². The first-order valence-corrected chi connectivity index (χ1v) is 9.51. The summed E-state index contributed by atoms with van der Waals surface area (Å²) in [6, 6.07) is 13.1. The molecule has 0 aliphatic rings. The van der Waals surface area contributed by atoms with Gasteiger partial charge in [-0.3, -0.25) is 9.36 Å². The molecular weight excluding hydrogens is 422 g/mol. The highest BCUT2D eigenvalue weighted by Crippen LogP contribution is 2.30. The molecular formula is C18H11BrClN3OS. The molecule has 0 N–H and O–H groups in total. The lowest BCUT2D eigenvalue weighted by molar-refractivity contribution is 0.734. The van der Waals surface area contributed by atoms with Crippen molar-refractivity contribution in [3.8, 4) is 10.6 Å². The molecule has 0 saturated carbocycles. The minimum Gasteiger partial charge on any atom is -0.293 e. The van der Waals surface area contributed by atoms with Gasteiger partial charge in [0.15, 0.2) is 0 Å². The summed E-state index contributed by atoms with van der Waals surface area (Å²) in [6.07, 6.45) is 1.56. The van der Waals surface area contributed by atoms with E-state index in [-0.39, 0.29) is 5.56 Å². The maximum absolute atomic E-state index is 12.7. The zero-order valence-corrected chi connectivity index (χ0v) is 16.0. The van der Waals surface area contributed by atoms with E-state index >= 15 is 0 Å². The van der Waals surface area contributed by atoms with Crippen molar-refractivity contribution in [1.29, 1.82) is 0 Å². The van der Waals surface area contributed by atoms with Crippen LogP contribution in [0, 0.1) is 0 Å². The van der Waals surface area contributed by atoms with Crippen LogP contribution in [0.25, 0.3) is 21.5 Å². The highest BCUT2D eigenvalue weighted by atomic mass is 79.9. The van der Waals surface area contributed by atoms with E-state index in [1.54, 1.807) is 17.0 Å². The Morgan fingerprint density at radius 3 is 2.88 bits per heavy atom. The van der Waals surface area contributed by atoms with Crippen molar-refractivity contribution in [2.45, 2.75) is 6.54 Å². The minimum absolute atomic E-state index is 0.0846. The molecule has 0 radical (unpaired) electrons. The molecule has 25 heavy (non-hydrogen) atoms. The summed E-state index contributed by atoms with van der Waals surface area (Å²) in [5.41, 5.74) is 2.30. The van der Waals surface area contributed by atoms with E-state index in [0.29, 0.717) is 22.5 Å². The van der Waals surface area contributed by atoms with Crippen LogP contribution in [0.5, 0.6) is 0 Å². The van der Waals surface area contributed by atoms with Crippen LogP contribution in [0.1, 0.15) is 5.69 Å². The quantitative estimate of drug-likeness (QED) is 0.458. The van der Waals surface area contributed by atoms with Crippen molar-refractivity contribution in [2.24, 2.45) is 0 Å². The first-order chi connectivity index (χ1) is 12.1. The summed E-state index contributed by atoms with van der Waals surface area (Å²) in [4.78, 5) is 21.6. The maximum Gasteiger partial charge on any atom is 0.261 e. The average molecular weight is 433 g/mol. The third kappa shape index (κ3) is 3.25. The molecule has 124 valence electrons. The van der Waals surface area contributed by atoms with E-state index in [9.17, 15) is 4.79 Å². The van der Waals surface area contributed by atoms with E-state index in [4.69, 9.17) is 11.6 Å². The Morgan fingerprint density at radius 1 is 1.20 bits per heavy atom. The van der Waals surface area contributed by atoms with Crippen molar-refractivity contribution in [3.63, 3.8) is 0 Å². The normalized spacial score (nSPS) is 11.1. The number of thiazole rings is 1. The first-order valence-electron chi connectivity index (χ1n) is 7.46. The standard InChI is InChI=1S/C18H11BrClN3OS/c19-11-5-6-16-14(7-11)18(24)23(10-21-16)8-12-9-25-17(22-12)13-3-1-2-4-15(13)20/h1-7,9-10H,8H2. The van der Waals surface area contributed by atoms with Crippen LogP contribution in [0.3, 0.4) is 0 Å². The molecule has 2 aromatic heterocycles. The van der Waals surface area contributed by atoms with E-state index in [0.717, 1.165) is 20.7 Å². The highest BCUT2D eigenvalue weighted by Gasteiger charge is 2.10. The van der Waals surface area contributed by atoms with Gasteiger partial charge in [-0.2, -0.15) is 0 Å². The van der Waals surface area contributed by atoms with Gasteiger partial charge in [-0.05, 0) is 24.3 Å². The Balaban J connectivity index is 1.70. The van der Waals surface area contributed by atoms with Gasteiger partial charge in [0.25, 0.3) is 5.56 Å². The van der Waals surface area contributed by atoms with Crippen molar-refractivity contribution in [3.05, 3.63) is 79.7 Å². The summed E-state index contributed by atoms with van der Waals surface area (Å²) in [7, 11) is 0. The highest BCUT2D eigenvalue weighted by molar-refractivity contribution is 9.10. The Morgan fingerprint density at radius 2 is 2.04 bits per heavy atom. The number of aromatic nitrogens is 3. The summed E-state index contributed by atoms with van der Waals surface area (Å²) in [5.74, 6) is 0. The van der Waals surface area contributed by atoms with Crippen LogP contribution in [0.15, 0.2) is 63.4 Å². The van der Waals surface area contributed by atoms with Crippen molar-refractivity contribution in [2.75, 3.05) is 0 Å². The van der Waals surface area contributed by atoms with Crippen LogP contribution < -0.4 is 5.56 Å². The lowest BCUT2D eigenvalue weighted by Crippen LogP contribution is -2.21. The van der Waals surface area contributed by atoms with Gasteiger partial charge in [-0.15, -0.1) is 11.3 Å². The molecule has 7 heteroatoms. The summed E-state index contributed by atoms with van der Waals surface area (Å²) < 4.78 is 2.42. The molecule has 4 rings (SSSR count).